The second-order valence-corrected chi connectivity index (χ2v) is 9.13. The van der Waals surface area contributed by atoms with E-state index in [0.717, 1.165) is 25.7 Å². The van der Waals surface area contributed by atoms with Crippen LogP contribution in [0, 0.1) is 11.3 Å². The maximum Gasteiger partial charge on any atom is 0.282 e. The molecule has 8 nitrogen and oxygen atoms in total. The monoisotopic (exact) mass is 405 g/mol. The fourth-order valence-corrected chi connectivity index (χ4v) is 5.31. The number of amides is 1. The molecule has 9 heteroatoms. The Labute approximate surface area is 166 Å². The predicted molar refractivity (Wildman–Crippen MR) is 107 cm³/mol. The lowest BCUT2D eigenvalue weighted by molar-refractivity contribution is -0.117. The molecule has 1 aromatic rings. The summed E-state index contributed by atoms with van der Waals surface area (Å²) in [6.07, 6.45) is 4.01. The molecule has 28 heavy (non-hydrogen) atoms. The van der Waals surface area contributed by atoms with Gasteiger partial charge in [0.15, 0.2) is 0 Å². The normalized spacial score (nSPS) is 20.2. The van der Waals surface area contributed by atoms with E-state index in [9.17, 15) is 13.2 Å². The van der Waals surface area contributed by atoms with E-state index in [-0.39, 0.29) is 12.5 Å². The van der Waals surface area contributed by atoms with E-state index in [4.69, 9.17) is 5.26 Å². The molecule has 0 aliphatic carbocycles. The molecule has 152 valence electrons. The van der Waals surface area contributed by atoms with Crippen LogP contribution in [-0.4, -0.2) is 73.6 Å². The molecule has 0 saturated carbocycles. The molecule has 2 fully saturated rings. The van der Waals surface area contributed by atoms with Gasteiger partial charge in [0.05, 0.1) is 17.8 Å². The third-order valence-electron chi connectivity index (χ3n) is 5.24. The second-order valence-electron chi connectivity index (χ2n) is 7.20. The standard InChI is InChI=1S/C19H27N5O3S/c20-15-17-7-3-4-8-18(17)21-19(25)16-22-11-13-24(14-12-22)28(26,27)23-9-5-1-2-6-10-23/h3-4,7-8H,1-2,5-6,9-14,16H2,(H,21,25). The Hall–Kier alpha value is -1.99. The van der Waals surface area contributed by atoms with Gasteiger partial charge in [0, 0.05) is 39.3 Å². The molecule has 0 atom stereocenters. The summed E-state index contributed by atoms with van der Waals surface area (Å²) in [5, 5.41) is 11.9. The minimum absolute atomic E-state index is 0.178. The molecule has 0 bridgehead atoms. The van der Waals surface area contributed by atoms with E-state index in [0.29, 0.717) is 50.5 Å². The van der Waals surface area contributed by atoms with Crippen molar-refractivity contribution in [2.45, 2.75) is 25.7 Å². The van der Waals surface area contributed by atoms with Crippen LogP contribution in [0.4, 0.5) is 5.69 Å². The average molecular weight is 406 g/mol. The molecule has 1 amide bonds. The zero-order valence-corrected chi connectivity index (χ0v) is 16.8. The number of nitrogens with one attached hydrogen (secondary N) is 1. The molecule has 0 aromatic heterocycles. The Morgan fingerprint density at radius 3 is 2.21 bits per heavy atom. The second kappa shape index (κ2) is 9.47. The lowest BCUT2D eigenvalue weighted by atomic mass is 10.2. The van der Waals surface area contributed by atoms with Crippen molar-refractivity contribution < 1.29 is 13.2 Å². The van der Waals surface area contributed by atoms with Gasteiger partial charge in [-0.1, -0.05) is 25.0 Å². The van der Waals surface area contributed by atoms with Crippen molar-refractivity contribution in [3.8, 4) is 6.07 Å². The van der Waals surface area contributed by atoms with Crippen LogP contribution >= 0.6 is 0 Å². The number of carbonyl (C=O) groups is 1. The Bertz CT molecular complexity index is 820. The molecule has 3 rings (SSSR count). The van der Waals surface area contributed by atoms with Gasteiger partial charge < -0.3 is 5.32 Å². The zero-order valence-electron chi connectivity index (χ0n) is 16.0. The average Bonchev–Trinajstić information content (AvgIpc) is 2.99. The topological polar surface area (TPSA) is 96.7 Å². The van der Waals surface area contributed by atoms with Crippen molar-refractivity contribution in [3.63, 3.8) is 0 Å². The highest BCUT2D eigenvalue weighted by atomic mass is 32.2. The molecular weight excluding hydrogens is 378 g/mol. The molecule has 2 saturated heterocycles. The molecule has 2 aliphatic heterocycles. The minimum atomic E-state index is -3.41. The van der Waals surface area contributed by atoms with Gasteiger partial charge in [-0.15, -0.1) is 0 Å². The number of rotatable bonds is 5. The number of anilines is 1. The molecular formula is C19H27N5O3S. The first-order chi connectivity index (χ1) is 13.5. The number of hydrogen-bond acceptors (Lipinski definition) is 5. The summed E-state index contributed by atoms with van der Waals surface area (Å²) in [5.41, 5.74) is 0.918. The number of hydrogen-bond donors (Lipinski definition) is 1. The van der Waals surface area contributed by atoms with Crippen LogP contribution in [0.25, 0.3) is 0 Å². The van der Waals surface area contributed by atoms with Gasteiger partial charge in [-0.3, -0.25) is 9.69 Å². The summed E-state index contributed by atoms with van der Waals surface area (Å²) in [4.78, 5) is 14.3. The first-order valence-corrected chi connectivity index (χ1v) is 11.2. The third kappa shape index (κ3) is 5.08. The van der Waals surface area contributed by atoms with Crippen molar-refractivity contribution in [2.24, 2.45) is 0 Å². The molecule has 2 aliphatic rings. The quantitative estimate of drug-likeness (QED) is 0.795. The van der Waals surface area contributed by atoms with E-state index < -0.39 is 10.2 Å². The van der Waals surface area contributed by atoms with Crippen molar-refractivity contribution in [2.75, 3.05) is 51.1 Å². The van der Waals surface area contributed by atoms with Gasteiger partial charge in [0.25, 0.3) is 10.2 Å². The van der Waals surface area contributed by atoms with E-state index in [1.807, 2.05) is 4.90 Å². The van der Waals surface area contributed by atoms with E-state index in [1.54, 1.807) is 28.6 Å². The third-order valence-corrected chi connectivity index (χ3v) is 7.27. The summed E-state index contributed by atoms with van der Waals surface area (Å²) in [5.74, 6) is -0.202. The summed E-state index contributed by atoms with van der Waals surface area (Å²) < 4.78 is 28.9. The Morgan fingerprint density at radius 2 is 1.57 bits per heavy atom. The van der Waals surface area contributed by atoms with Gasteiger partial charge in [-0.25, -0.2) is 0 Å². The molecule has 1 aromatic carbocycles. The first kappa shape index (κ1) is 20.7. The lowest BCUT2D eigenvalue weighted by Gasteiger charge is -2.36. The first-order valence-electron chi connectivity index (χ1n) is 9.77. The van der Waals surface area contributed by atoms with Crippen LogP contribution in [-0.2, 0) is 15.0 Å². The Kier molecular flexibility index (Phi) is 7.02. The molecule has 0 unspecified atom stereocenters. The number of nitriles is 1. The van der Waals surface area contributed by atoms with Gasteiger partial charge in [0.1, 0.15) is 6.07 Å². The molecule has 2 heterocycles. The Morgan fingerprint density at radius 1 is 0.964 bits per heavy atom. The SMILES string of the molecule is N#Cc1ccccc1NC(=O)CN1CCN(S(=O)(=O)N2CCCCCC2)CC1. The number of para-hydroxylation sites is 1. The maximum atomic E-state index is 12.9. The van der Waals surface area contributed by atoms with Gasteiger partial charge >= 0.3 is 0 Å². The number of nitrogens with zero attached hydrogens (tertiary/aromatic N) is 4. The predicted octanol–water partition coefficient (Wildman–Crippen LogP) is 1.24. The van der Waals surface area contributed by atoms with Gasteiger partial charge in [0.2, 0.25) is 5.91 Å². The smallest absolute Gasteiger partial charge is 0.282 e. The minimum Gasteiger partial charge on any atom is -0.324 e. The summed E-state index contributed by atoms with van der Waals surface area (Å²) >= 11 is 0. The summed E-state index contributed by atoms with van der Waals surface area (Å²) in [6, 6.07) is 8.92. The van der Waals surface area contributed by atoms with Crippen LogP contribution in [0.5, 0.6) is 0 Å². The molecule has 1 N–H and O–H groups in total. The fraction of sp³-hybridized carbons (Fsp3) is 0.579. The van der Waals surface area contributed by atoms with Crippen molar-refractivity contribution in [3.05, 3.63) is 29.8 Å². The number of benzene rings is 1. The van der Waals surface area contributed by atoms with Gasteiger partial charge in [-0.05, 0) is 25.0 Å². The fourth-order valence-electron chi connectivity index (χ4n) is 3.64. The lowest BCUT2D eigenvalue weighted by Crippen LogP contribution is -2.54. The highest BCUT2D eigenvalue weighted by Gasteiger charge is 2.32. The maximum absolute atomic E-state index is 12.9. The highest BCUT2D eigenvalue weighted by Crippen LogP contribution is 2.18. The van der Waals surface area contributed by atoms with E-state index >= 15 is 0 Å². The number of piperazine rings is 1. The summed E-state index contributed by atoms with van der Waals surface area (Å²) in [7, 11) is -3.41. The largest absolute Gasteiger partial charge is 0.324 e. The van der Waals surface area contributed by atoms with E-state index in [1.165, 1.54) is 4.31 Å². The zero-order chi connectivity index (χ0) is 20.0. The van der Waals surface area contributed by atoms with E-state index in [2.05, 4.69) is 11.4 Å². The highest BCUT2D eigenvalue weighted by molar-refractivity contribution is 7.86. The summed E-state index contributed by atoms with van der Waals surface area (Å²) in [6.45, 7) is 3.19. The van der Waals surface area contributed by atoms with Crippen LogP contribution in [0.1, 0.15) is 31.2 Å². The van der Waals surface area contributed by atoms with Crippen LogP contribution in [0.15, 0.2) is 24.3 Å². The van der Waals surface area contributed by atoms with Gasteiger partial charge in [-0.2, -0.15) is 22.3 Å². The number of carbonyl (C=O) groups excluding carboxylic acids is 1. The Balaban J connectivity index is 1.51. The van der Waals surface area contributed by atoms with Crippen LogP contribution in [0.2, 0.25) is 0 Å². The molecule has 0 radical (unpaired) electrons. The van der Waals surface area contributed by atoms with Crippen molar-refractivity contribution in [1.82, 2.24) is 13.5 Å². The van der Waals surface area contributed by atoms with Crippen molar-refractivity contribution >= 4 is 21.8 Å². The molecule has 0 spiro atoms. The van der Waals surface area contributed by atoms with Crippen LogP contribution < -0.4 is 5.32 Å². The van der Waals surface area contributed by atoms with Crippen molar-refractivity contribution in [1.29, 1.82) is 5.26 Å². The van der Waals surface area contributed by atoms with Crippen LogP contribution in [0.3, 0.4) is 0 Å².